The molecule has 1 amide bonds. The van der Waals surface area contributed by atoms with Crippen LogP contribution in [-0.4, -0.2) is 49.0 Å². The second kappa shape index (κ2) is 19.1. The molecule has 9 heteroatoms. The van der Waals surface area contributed by atoms with E-state index in [2.05, 4.69) is 66.0 Å². The van der Waals surface area contributed by atoms with E-state index >= 15 is 0 Å². The van der Waals surface area contributed by atoms with Gasteiger partial charge in [-0.15, -0.1) is 23.2 Å². The summed E-state index contributed by atoms with van der Waals surface area (Å²) in [4.78, 5) is 35.4. The molecule has 258 valence electrons. The van der Waals surface area contributed by atoms with Crippen LogP contribution in [0, 0.1) is 0 Å². The van der Waals surface area contributed by atoms with Crippen LogP contribution in [0.15, 0.2) is 97.1 Å². The number of amides is 1. The lowest BCUT2D eigenvalue weighted by Gasteiger charge is -2.18. The average molecular weight is 704 g/mol. The van der Waals surface area contributed by atoms with E-state index < -0.39 is 12.1 Å². The van der Waals surface area contributed by atoms with Gasteiger partial charge in [0, 0.05) is 18.3 Å². The largest absolute Gasteiger partial charge is 0.465 e. The van der Waals surface area contributed by atoms with Crippen LogP contribution < -0.4 is 11.1 Å². The van der Waals surface area contributed by atoms with Gasteiger partial charge in [0.1, 0.15) is 13.2 Å². The molecule has 6 rings (SSSR count). The molecule has 0 radical (unpaired) electrons. The van der Waals surface area contributed by atoms with Crippen molar-refractivity contribution < 1.29 is 23.9 Å². The van der Waals surface area contributed by atoms with Gasteiger partial charge in [0.2, 0.25) is 0 Å². The SMILES string of the molecule is CC(=O)[C@H](CCCCN)NC(=O)OCC1c2ccccc2-c2ccccc21.CCC(=O)OCC1c2ccccc2-c2ccccc21.ClCCl. The van der Waals surface area contributed by atoms with E-state index in [1.807, 2.05) is 43.3 Å². The van der Waals surface area contributed by atoms with Gasteiger partial charge in [-0.25, -0.2) is 4.79 Å². The predicted molar refractivity (Wildman–Crippen MR) is 197 cm³/mol. The van der Waals surface area contributed by atoms with E-state index in [1.54, 1.807) is 0 Å². The molecule has 0 spiro atoms. The lowest BCUT2D eigenvalue weighted by atomic mass is 9.98. The normalized spacial score (nSPS) is 12.8. The highest BCUT2D eigenvalue weighted by molar-refractivity contribution is 6.40. The molecule has 4 aromatic carbocycles. The van der Waals surface area contributed by atoms with Crippen LogP contribution >= 0.6 is 23.2 Å². The molecule has 0 aromatic heterocycles. The van der Waals surface area contributed by atoms with E-state index in [0.29, 0.717) is 26.0 Å². The van der Waals surface area contributed by atoms with Gasteiger partial charge in [-0.2, -0.15) is 0 Å². The zero-order chi connectivity index (χ0) is 35.2. The number of hydrogen-bond donors (Lipinski definition) is 2. The van der Waals surface area contributed by atoms with Gasteiger partial charge in [0.15, 0.2) is 5.78 Å². The van der Waals surface area contributed by atoms with Crippen molar-refractivity contribution in [3.8, 4) is 22.3 Å². The van der Waals surface area contributed by atoms with Crippen molar-refractivity contribution in [3.63, 3.8) is 0 Å². The zero-order valence-electron chi connectivity index (χ0n) is 28.0. The number of esters is 1. The van der Waals surface area contributed by atoms with Gasteiger partial charge >= 0.3 is 12.1 Å². The number of alkyl halides is 2. The monoisotopic (exact) mass is 702 g/mol. The van der Waals surface area contributed by atoms with E-state index in [9.17, 15) is 14.4 Å². The number of rotatable bonds is 11. The third-order valence-electron chi connectivity index (χ3n) is 8.74. The summed E-state index contributed by atoms with van der Waals surface area (Å²) in [6, 6.07) is 32.6. The molecular weight excluding hydrogens is 659 g/mol. The van der Waals surface area contributed by atoms with E-state index in [4.69, 9.17) is 38.4 Å². The van der Waals surface area contributed by atoms with Gasteiger partial charge in [-0.05, 0) is 77.2 Å². The summed E-state index contributed by atoms with van der Waals surface area (Å²) in [5, 5.41) is 2.89. The summed E-state index contributed by atoms with van der Waals surface area (Å²) < 4.78 is 10.8. The van der Waals surface area contributed by atoms with Crippen molar-refractivity contribution in [2.45, 2.75) is 57.4 Å². The number of ether oxygens (including phenoxy) is 2. The number of alkyl carbamates (subject to hydrolysis) is 1. The minimum Gasteiger partial charge on any atom is -0.465 e. The smallest absolute Gasteiger partial charge is 0.407 e. The Hall–Kier alpha value is -4.17. The van der Waals surface area contributed by atoms with Gasteiger partial charge in [0.25, 0.3) is 0 Å². The molecule has 0 saturated carbocycles. The third-order valence-corrected chi connectivity index (χ3v) is 8.74. The predicted octanol–water partition coefficient (Wildman–Crippen LogP) is 8.79. The topological polar surface area (TPSA) is 108 Å². The highest BCUT2D eigenvalue weighted by Crippen LogP contribution is 2.45. The van der Waals surface area contributed by atoms with Crippen LogP contribution in [0.25, 0.3) is 22.3 Å². The number of nitrogens with one attached hydrogen (secondary N) is 1. The second-order valence-corrected chi connectivity index (χ2v) is 12.6. The maximum absolute atomic E-state index is 12.3. The van der Waals surface area contributed by atoms with E-state index in [0.717, 1.165) is 24.0 Å². The first-order chi connectivity index (χ1) is 23.8. The maximum atomic E-state index is 12.3. The second-order valence-electron chi connectivity index (χ2n) is 11.8. The first-order valence-electron chi connectivity index (χ1n) is 16.6. The molecule has 4 aromatic rings. The number of carbonyl (C=O) groups excluding carboxylic acids is 3. The molecule has 0 aliphatic heterocycles. The number of halogens is 2. The van der Waals surface area contributed by atoms with Crippen molar-refractivity contribution in [1.82, 2.24) is 5.32 Å². The minimum atomic E-state index is -0.551. The molecular formula is C40H44Cl2N2O5. The Morgan fingerprint density at radius 3 is 1.45 bits per heavy atom. The summed E-state index contributed by atoms with van der Waals surface area (Å²) in [7, 11) is 0. The standard InChI is InChI=1S/C22H26N2O3.C17H16O2.CH2Cl2/c1-15(25)21(12-6-7-13-23)24-22(26)27-14-20-18-10-4-2-8-16(18)17-9-3-5-11-19(17)20;1-2-17(18)19-11-16-14-9-5-3-7-12(14)13-8-4-6-10-15(13)16;2-1-3/h2-5,8-11,20-21H,6-7,12-14,23H2,1H3,(H,24,26);3-10,16H,2,11H2,1H3;1H2/t21-;;/m0../s1. The molecule has 1 atom stereocenters. The Kier molecular flexibility index (Phi) is 14.7. The first kappa shape index (κ1) is 37.6. The summed E-state index contributed by atoms with van der Waals surface area (Å²) >= 11 is 9.53. The molecule has 0 heterocycles. The van der Waals surface area contributed by atoms with Crippen LogP contribution in [0.2, 0.25) is 0 Å². The quantitative estimate of drug-likeness (QED) is 0.0919. The van der Waals surface area contributed by atoms with Crippen molar-refractivity contribution in [1.29, 1.82) is 0 Å². The number of carbonyl (C=O) groups is 3. The number of nitrogens with two attached hydrogens (primary N) is 1. The number of fused-ring (bicyclic) bond motifs is 6. The summed E-state index contributed by atoms with van der Waals surface area (Å²) in [5.74, 6) is -0.0264. The molecule has 49 heavy (non-hydrogen) atoms. The fourth-order valence-corrected chi connectivity index (χ4v) is 6.37. The first-order valence-corrected chi connectivity index (χ1v) is 17.7. The van der Waals surface area contributed by atoms with Crippen LogP contribution in [-0.2, 0) is 19.1 Å². The van der Waals surface area contributed by atoms with Crippen molar-refractivity contribution in [3.05, 3.63) is 119 Å². The fourth-order valence-electron chi connectivity index (χ4n) is 6.37. The fraction of sp³-hybridized carbons (Fsp3) is 0.325. The number of ketones is 1. The van der Waals surface area contributed by atoms with Crippen molar-refractivity contribution in [2.75, 3.05) is 25.1 Å². The summed E-state index contributed by atoms with van der Waals surface area (Å²) in [5.41, 5.74) is 15.2. The van der Waals surface area contributed by atoms with Crippen LogP contribution in [0.3, 0.4) is 0 Å². The van der Waals surface area contributed by atoms with Gasteiger partial charge in [0.05, 0.1) is 11.4 Å². The van der Waals surface area contributed by atoms with Crippen LogP contribution in [0.4, 0.5) is 4.79 Å². The van der Waals surface area contributed by atoms with Gasteiger partial charge in [-0.3, -0.25) is 9.59 Å². The number of hydrogen-bond acceptors (Lipinski definition) is 6. The van der Waals surface area contributed by atoms with Crippen LogP contribution in [0.1, 0.15) is 73.6 Å². The lowest BCUT2D eigenvalue weighted by molar-refractivity contribution is -0.143. The molecule has 7 nitrogen and oxygen atoms in total. The average Bonchev–Trinajstić information content (AvgIpc) is 3.62. The van der Waals surface area contributed by atoms with Crippen molar-refractivity contribution in [2.24, 2.45) is 5.73 Å². The Labute approximate surface area is 299 Å². The third kappa shape index (κ3) is 9.72. The summed E-state index contributed by atoms with van der Waals surface area (Å²) in [6.07, 6.45) is 2.08. The highest BCUT2D eigenvalue weighted by atomic mass is 35.5. The minimum absolute atomic E-state index is 0.0103. The van der Waals surface area contributed by atoms with Gasteiger partial charge in [-0.1, -0.05) is 104 Å². The van der Waals surface area contributed by atoms with Crippen molar-refractivity contribution >= 4 is 41.0 Å². The Morgan fingerprint density at radius 1 is 0.694 bits per heavy atom. The molecule has 0 fully saturated rings. The number of unbranched alkanes of at least 4 members (excludes halogenated alkanes) is 1. The van der Waals surface area contributed by atoms with E-state index in [1.165, 1.54) is 40.3 Å². The summed E-state index contributed by atoms with van der Waals surface area (Å²) in [6.45, 7) is 4.55. The maximum Gasteiger partial charge on any atom is 0.407 e. The lowest BCUT2D eigenvalue weighted by Crippen LogP contribution is -2.40. The molecule has 2 aliphatic rings. The van der Waals surface area contributed by atoms with Gasteiger partial charge < -0.3 is 20.5 Å². The van der Waals surface area contributed by atoms with E-state index in [-0.39, 0.29) is 35.5 Å². The molecule has 0 unspecified atom stereocenters. The number of benzene rings is 4. The highest BCUT2D eigenvalue weighted by Gasteiger charge is 2.30. The Bertz CT molecular complexity index is 1620. The number of Topliss-reactive ketones (excluding diaryl/α,β-unsaturated/α-hetero) is 1. The molecule has 2 aliphatic carbocycles. The Balaban J connectivity index is 0.000000214. The molecule has 3 N–H and O–H groups in total. The Morgan fingerprint density at radius 2 is 1.08 bits per heavy atom. The molecule has 0 bridgehead atoms. The van der Waals surface area contributed by atoms with Crippen LogP contribution in [0.5, 0.6) is 0 Å². The molecule has 0 saturated heterocycles. The zero-order valence-corrected chi connectivity index (χ0v) is 29.5.